The summed E-state index contributed by atoms with van der Waals surface area (Å²) in [7, 11) is 0. The SMILES string of the molecule is Fc1cccc(C(CBr)(CBr)Cc2ccncc2Cl)c1. The number of pyridine rings is 1. The van der Waals surface area contributed by atoms with Crippen molar-refractivity contribution in [3.63, 3.8) is 0 Å². The van der Waals surface area contributed by atoms with E-state index in [1.807, 2.05) is 12.1 Å². The van der Waals surface area contributed by atoms with Crippen molar-refractivity contribution in [1.29, 1.82) is 0 Å². The Morgan fingerprint density at radius 1 is 1.20 bits per heavy atom. The summed E-state index contributed by atoms with van der Waals surface area (Å²) in [6.45, 7) is 0. The van der Waals surface area contributed by atoms with E-state index in [9.17, 15) is 4.39 Å². The van der Waals surface area contributed by atoms with Crippen LogP contribution in [-0.4, -0.2) is 15.6 Å². The molecule has 0 unspecified atom stereocenters. The van der Waals surface area contributed by atoms with Gasteiger partial charge in [0.1, 0.15) is 5.82 Å². The molecule has 20 heavy (non-hydrogen) atoms. The Kier molecular flexibility index (Phi) is 5.58. The average molecular weight is 422 g/mol. The lowest BCUT2D eigenvalue weighted by atomic mass is 9.79. The van der Waals surface area contributed by atoms with Crippen molar-refractivity contribution in [2.45, 2.75) is 11.8 Å². The van der Waals surface area contributed by atoms with Crippen molar-refractivity contribution in [2.24, 2.45) is 0 Å². The van der Waals surface area contributed by atoms with Crippen LogP contribution in [0.5, 0.6) is 0 Å². The number of alkyl halides is 2. The fourth-order valence-electron chi connectivity index (χ4n) is 2.12. The Morgan fingerprint density at radius 3 is 2.55 bits per heavy atom. The lowest BCUT2D eigenvalue weighted by Gasteiger charge is -2.31. The second-order valence-electron chi connectivity index (χ2n) is 4.70. The van der Waals surface area contributed by atoms with Crippen LogP contribution in [0.3, 0.4) is 0 Å². The van der Waals surface area contributed by atoms with Crippen molar-refractivity contribution in [3.05, 3.63) is 64.7 Å². The molecule has 1 aromatic carbocycles. The Labute approximate surface area is 139 Å². The van der Waals surface area contributed by atoms with Gasteiger partial charge in [0, 0.05) is 28.5 Å². The molecule has 2 rings (SSSR count). The topological polar surface area (TPSA) is 12.9 Å². The standard InChI is InChI=1S/C15H13Br2ClFN/c16-9-15(10-17,12-2-1-3-13(19)6-12)7-11-4-5-20-8-14(11)18/h1-6,8H,7,9-10H2. The first-order valence-electron chi connectivity index (χ1n) is 6.08. The van der Waals surface area contributed by atoms with Gasteiger partial charge in [0.15, 0.2) is 0 Å². The second-order valence-corrected chi connectivity index (χ2v) is 6.23. The van der Waals surface area contributed by atoms with Crippen molar-refractivity contribution in [1.82, 2.24) is 4.98 Å². The summed E-state index contributed by atoms with van der Waals surface area (Å²) in [4.78, 5) is 4.00. The first kappa shape index (κ1) is 15.9. The molecule has 0 spiro atoms. The van der Waals surface area contributed by atoms with Crippen LogP contribution in [0.25, 0.3) is 0 Å². The third-order valence-electron chi connectivity index (χ3n) is 3.33. The van der Waals surface area contributed by atoms with Crippen LogP contribution in [0, 0.1) is 5.82 Å². The summed E-state index contributed by atoms with van der Waals surface area (Å²) in [5, 5.41) is 2.04. The van der Waals surface area contributed by atoms with Crippen LogP contribution in [0.4, 0.5) is 4.39 Å². The molecule has 106 valence electrons. The molecule has 0 aliphatic carbocycles. The molecular formula is C15H13Br2ClFN. The zero-order valence-electron chi connectivity index (χ0n) is 10.6. The zero-order chi connectivity index (χ0) is 14.6. The fourth-order valence-corrected chi connectivity index (χ4v) is 4.28. The highest BCUT2D eigenvalue weighted by Gasteiger charge is 2.31. The molecule has 0 aliphatic heterocycles. The van der Waals surface area contributed by atoms with E-state index in [4.69, 9.17) is 11.6 Å². The Bertz CT molecular complexity index is 588. The van der Waals surface area contributed by atoms with Crippen LogP contribution in [0.1, 0.15) is 11.1 Å². The van der Waals surface area contributed by atoms with Gasteiger partial charge in [-0.2, -0.15) is 0 Å². The minimum atomic E-state index is -0.257. The fraction of sp³-hybridized carbons (Fsp3) is 0.267. The van der Waals surface area contributed by atoms with Crippen molar-refractivity contribution >= 4 is 43.5 Å². The van der Waals surface area contributed by atoms with E-state index in [1.165, 1.54) is 6.07 Å². The van der Waals surface area contributed by atoms with E-state index in [-0.39, 0.29) is 11.2 Å². The van der Waals surface area contributed by atoms with Gasteiger partial charge in [0.25, 0.3) is 0 Å². The third kappa shape index (κ3) is 3.41. The van der Waals surface area contributed by atoms with E-state index in [0.29, 0.717) is 22.1 Å². The van der Waals surface area contributed by atoms with E-state index in [0.717, 1.165) is 11.1 Å². The highest BCUT2D eigenvalue weighted by atomic mass is 79.9. The van der Waals surface area contributed by atoms with E-state index < -0.39 is 0 Å². The summed E-state index contributed by atoms with van der Waals surface area (Å²) in [5.74, 6) is -0.227. The number of halogens is 4. The molecular weight excluding hydrogens is 408 g/mol. The van der Waals surface area contributed by atoms with Gasteiger partial charge < -0.3 is 0 Å². The molecule has 2 aromatic rings. The number of aromatic nitrogens is 1. The minimum absolute atomic E-state index is 0.227. The van der Waals surface area contributed by atoms with Gasteiger partial charge in [0.05, 0.1) is 5.02 Å². The van der Waals surface area contributed by atoms with Crippen LogP contribution >= 0.6 is 43.5 Å². The lowest BCUT2D eigenvalue weighted by Crippen LogP contribution is -2.33. The Balaban J connectivity index is 2.42. The maximum absolute atomic E-state index is 13.5. The first-order chi connectivity index (χ1) is 9.61. The molecule has 0 saturated carbocycles. The van der Waals surface area contributed by atoms with E-state index in [2.05, 4.69) is 36.8 Å². The Hall–Kier alpha value is -0.450. The molecule has 1 nitrogen and oxygen atoms in total. The number of rotatable bonds is 5. The summed E-state index contributed by atoms with van der Waals surface area (Å²) in [6, 6.07) is 8.62. The summed E-state index contributed by atoms with van der Waals surface area (Å²) in [6.07, 6.45) is 4.06. The van der Waals surface area contributed by atoms with Crippen LogP contribution in [0.2, 0.25) is 5.02 Å². The second kappa shape index (κ2) is 7.01. The van der Waals surface area contributed by atoms with Crippen LogP contribution in [0.15, 0.2) is 42.7 Å². The molecule has 0 N–H and O–H groups in total. The molecule has 0 aliphatic rings. The van der Waals surface area contributed by atoms with Gasteiger partial charge in [-0.15, -0.1) is 0 Å². The molecule has 5 heteroatoms. The van der Waals surface area contributed by atoms with E-state index in [1.54, 1.807) is 24.5 Å². The monoisotopic (exact) mass is 419 g/mol. The van der Waals surface area contributed by atoms with Crippen molar-refractivity contribution < 1.29 is 4.39 Å². The molecule has 0 amide bonds. The minimum Gasteiger partial charge on any atom is -0.263 e. The van der Waals surface area contributed by atoms with Gasteiger partial charge >= 0.3 is 0 Å². The number of hydrogen-bond donors (Lipinski definition) is 0. The Morgan fingerprint density at radius 2 is 1.95 bits per heavy atom. The highest BCUT2D eigenvalue weighted by Crippen LogP contribution is 2.34. The molecule has 0 atom stereocenters. The van der Waals surface area contributed by atoms with Gasteiger partial charge in [-0.05, 0) is 35.7 Å². The van der Waals surface area contributed by atoms with E-state index >= 15 is 0 Å². The summed E-state index contributed by atoms with van der Waals surface area (Å²) < 4.78 is 13.5. The zero-order valence-corrected chi connectivity index (χ0v) is 14.5. The predicted molar refractivity (Wildman–Crippen MR) is 88.6 cm³/mol. The van der Waals surface area contributed by atoms with Gasteiger partial charge in [-0.1, -0.05) is 55.6 Å². The van der Waals surface area contributed by atoms with Crippen molar-refractivity contribution in [2.75, 3.05) is 10.7 Å². The average Bonchev–Trinajstić information content (AvgIpc) is 2.47. The molecule has 1 aromatic heterocycles. The quantitative estimate of drug-likeness (QED) is 0.609. The molecule has 0 fully saturated rings. The van der Waals surface area contributed by atoms with Crippen molar-refractivity contribution in [3.8, 4) is 0 Å². The summed E-state index contributed by atoms with van der Waals surface area (Å²) >= 11 is 13.3. The molecule has 0 saturated heterocycles. The summed E-state index contributed by atoms with van der Waals surface area (Å²) in [5.41, 5.74) is 1.69. The normalized spacial score (nSPS) is 11.6. The van der Waals surface area contributed by atoms with Gasteiger partial charge in [0.2, 0.25) is 0 Å². The number of benzene rings is 1. The third-order valence-corrected chi connectivity index (χ3v) is 5.82. The molecule has 1 heterocycles. The number of nitrogens with zero attached hydrogens (tertiary/aromatic N) is 1. The highest BCUT2D eigenvalue weighted by molar-refractivity contribution is 9.09. The maximum atomic E-state index is 13.5. The maximum Gasteiger partial charge on any atom is 0.123 e. The smallest absolute Gasteiger partial charge is 0.123 e. The number of hydrogen-bond acceptors (Lipinski definition) is 1. The molecule has 0 bridgehead atoms. The molecule has 0 radical (unpaired) electrons. The predicted octanol–water partition coefficient (Wildman–Crippen LogP) is 5.14. The lowest BCUT2D eigenvalue weighted by molar-refractivity contribution is 0.541. The van der Waals surface area contributed by atoms with Crippen LogP contribution in [-0.2, 0) is 11.8 Å². The van der Waals surface area contributed by atoms with Gasteiger partial charge in [-0.25, -0.2) is 4.39 Å². The van der Waals surface area contributed by atoms with Gasteiger partial charge in [-0.3, -0.25) is 4.98 Å². The largest absolute Gasteiger partial charge is 0.263 e. The van der Waals surface area contributed by atoms with Crippen LogP contribution < -0.4 is 0 Å². The first-order valence-corrected chi connectivity index (χ1v) is 8.70.